The summed E-state index contributed by atoms with van der Waals surface area (Å²) in [6, 6.07) is 8.33. The van der Waals surface area contributed by atoms with Crippen LogP contribution in [-0.2, 0) is 9.53 Å². The summed E-state index contributed by atoms with van der Waals surface area (Å²) < 4.78 is 5.44. The molecule has 2 aliphatic heterocycles. The summed E-state index contributed by atoms with van der Waals surface area (Å²) in [7, 11) is 0. The van der Waals surface area contributed by atoms with Crippen molar-refractivity contribution in [2.24, 2.45) is 0 Å². The quantitative estimate of drug-likeness (QED) is 0.846. The summed E-state index contributed by atoms with van der Waals surface area (Å²) >= 11 is 0. The number of carbonyl (C=O) groups is 1. The Hall–Kier alpha value is -1.79. The average molecular weight is 346 g/mol. The molecule has 1 N–H and O–H groups in total. The molecule has 0 saturated carbocycles. The van der Waals surface area contributed by atoms with Crippen LogP contribution >= 0.6 is 0 Å². The fraction of sp³-hybridized carbons (Fsp3) is 0.632. The molecule has 0 bridgehead atoms. The Morgan fingerprint density at radius 1 is 1.08 bits per heavy atom. The lowest BCUT2D eigenvalue weighted by Crippen LogP contribution is -2.48. The van der Waals surface area contributed by atoms with Gasteiger partial charge in [0, 0.05) is 52.2 Å². The minimum atomic E-state index is 0.257. The molecule has 2 saturated heterocycles. The number of ether oxygens (including phenoxy) is 1. The first kappa shape index (κ1) is 18.0. The van der Waals surface area contributed by atoms with Crippen molar-refractivity contribution in [3.63, 3.8) is 0 Å². The van der Waals surface area contributed by atoms with Gasteiger partial charge in [0.2, 0.25) is 5.91 Å². The molecular formula is C19H30N4O2. The van der Waals surface area contributed by atoms with E-state index in [-0.39, 0.29) is 5.91 Å². The smallest absolute Gasteiger partial charge is 0.224 e. The van der Waals surface area contributed by atoms with Gasteiger partial charge in [-0.1, -0.05) is 19.1 Å². The minimum absolute atomic E-state index is 0.257. The SMILES string of the molecule is CCN1CCN(C(=O)CCNc2ccccc2N2CCOCC2)CC1. The molecule has 1 amide bonds. The fourth-order valence-corrected chi connectivity index (χ4v) is 3.48. The second kappa shape index (κ2) is 9.06. The number of nitrogens with one attached hydrogen (secondary N) is 1. The van der Waals surface area contributed by atoms with E-state index in [0.717, 1.165) is 64.7 Å². The van der Waals surface area contributed by atoms with E-state index in [4.69, 9.17) is 4.74 Å². The summed E-state index contributed by atoms with van der Waals surface area (Å²) in [6.45, 7) is 11.0. The van der Waals surface area contributed by atoms with Crippen molar-refractivity contribution < 1.29 is 9.53 Å². The highest BCUT2D eigenvalue weighted by atomic mass is 16.5. The number of morpholine rings is 1. The maximum Gasteiger partial charge on any atom is 0.224 e. The topological polar surface area (TPSA) is 48.0 Å². The van der Waals surface area contributed by atoms with Crippen molar-refractivity contribution >= 4 is 17.3 Å². The van der Waals surface area contributed by atoms with Crippen LogP contribution < -0.4 is 10.2 Å². The minimum Gasteiger partial charge on any atom is -0.383 e. The number of rotatable bonds is 6. The van der Waals surface area contributed by atoms with E-state index in [9.17, 15) is 4.79 Å². The Morgan fingerprint density at radius 2 is 1.80 bits per heavy atom. The summed E-state index contributed by atoms with van der Waals surface area (Å²) in [5, 5.41) is 3.46. The van der Waals surface area contributed by atoms with Gasteiger partial charge in [0.05, 0.1) is 24.6 Å². The fourth-order valence-electron chi connectivity index (χ4n) is 3.48. The molecule has 6 nitrogen and oxygen atoms in total. The molecule has 0 spiro atoms. The van der Waals surface area contributed by atoms with Crippen molar-refractivity contribution in [3.8, 4) is 0 Å². The number of hydrogen-bond donors (Lipinski definition) is 1. The van der Waals surface area contributed by atoms with Crippen LogP contribution in [0.15, 0.2) is 24.3 Å². The molecule has 1 aromatic carbocycles. The molecule has 2 aliphatic rings. The van der Waals surface area contributed by atoms with E-state index in [1.807, 2.05) is 11.0 Å². The summed E-state index contributed by atoms with van der Waals surface area (Å²) in [6.07, 6.45) is 0.545. The van der Waals surface area contributed by atoms with Crippen LogP contribution in [0, 0.1) is 0 Å². The predicted molar refractivity (Wildman–Crippen MR) is 101 cm³/mol. The van der Waals surface area contributed by atoms with Gasteiger partial charge in [0.15, 0.2) is 0 Å². The highest BCUT2D eigenvalue weighted by Crippen LogP contribution is 2.26. The van der Waals surface area contributed by atoms with Gasteiger partial charge in [0.1, 0.15) is 0 Å². The monoisotopic (exact) mass is 346 g/mol. The summed E-state index contributed by atoms with van der Waals surface area (Å²) in [4.78, 5) is 19.1. The van der Waals surface area contributed by atoms with Crippen molar-refractivity contribution in [2.75, 3.05) is 75.8 Å². The van der Waals surface area contributed by atoms with E-state index >= 15 is 0 Å². The number of benzene rings is 1. The van der Waals surface area contributed by atoms with Crippen LogP contribution in [0.1, 0.15) is 13.3 Å². The number of amides is 1. The maximum absolute atomic E-state index is 12.4. The molecule has 0 unspecified atom stereocenters. The van der Waals surface area contributed by atoms with E-state index in [1.165, 1.54) is 5.69 Å². The van der Waals surface area contributed by atoms with E-state index < -0.39 is 0 Å². The zero-order valence-electron chi connectivity index (χ0n) is 15.2. The molecule has 25 heavy (non-hydrogen) atoms. The molecule has 3 rings (SSSR count). The molecular weight excluding hydrogens is 316 g/mol. The molecule has 0 aromatic heterocycles. The lowest BCUT2D eigenvalue weighted by atomic mass is 10.2. The van der Waals surface area contributed by atoms with Gasteiger partial charge in [-0.3, -0.25) is 4.79 Å². The van der Waals surface area contributed by atoms with E-state index in [2.05, 4.69) is 40.2 Å². The largest absolute Gasteiger partial charge is 0.383 e. The molecule has 0 atom stereocenters. The zero-order valence-corrected chi connectivity index (χ0v) is 15.2. The molecule has 2 fully saturated rings. The van der Waals surface area contributed by atoms with Gasteiger partial charge >= 0.3 is 0 Å². The maximum atomic E-state index is 12.4. The van der Waals surface area contributed by atoms with Gasteiger partial charge in [-0.15, -0.1) is 0 Å². The van der Waals surface area contributed by atoms with E-state index in [0.29, 0.717) is 13.0 Å². The lowest BCUT2D eigenvalue weighted by molar-refractivity contribution is -0.132. The van der Waals surface area contributed by atoms with Crippen molar-refractivity contribution in [2.45, 2.75) is 13.3 Å². The van der Waals surface area contributed by atoms with Gasteiger partial charge in [-0.05, 0) is 18.7 Å². The predicted octanol–water partition coefficient (Wildman–Crippen LogP) is 1.49. The van der Waals surface area contributed by atoms with Crippen molar-refractivity contribution in [3.05, 3.63) is 24.3 Å². The standard InChI is InChI=1S/C19H30N4O2/c1-2-21-9-11-23(12-10-21)19(24)7-8-20-17-5-3-4-6-18(17)22-13-15-25-16-14-22/h3-6,20H,2,7-16H2,1H3. The van der Waals surface area contributed by atoms with E-state index in [1.54, 1.807) is 0 Å². The molecule has 2 heterocycles. The third kappa shape index (κ3) is 4.86. The first-order valence-corrected chi connectivity index (χ1v) is 9.43. The highest BCUT2D eigenvalue weighted by Gasteiger charge is 2.20. The number of carbonyl (C=O) groups excluding carboxylic acids is 1. The Morgan fingerprint density at radius 3 is 2.52 bits per heavy atom. The van der Waals surface area contributed by atoms with Gasteiger partial charge in [-0.2, -0.15) is 0 Å². The van der Waals surface area contributed by atoms with Crippen molar-refractivity contribution in [1.29, 1.82) is 0 Å². The third-order valence-corrected chi connectivity index (χ3v) is 5.08. The molecule has 0 radical (unpaired) electrons. The first-order valence-electron chi connectivity index (χ1n) is 9.43. The average Bonchev–Trinajstić information content (AvgIpc) is 2.69. The number of anilines is 2. The highest BCUT2D eigenvalue weighted by molar-refractivity contribution is 5.77. The van der Waals surface area contributed by atoms with Gasteiger partial charge in [-0.25, -0.2) is 0 Å². The van der Waals surface area contributed by atoms with Crippen LogP contribution in [-0.4, -0.2) is 81.3 Å². The lowest BCUT2D eigenvalue weighted by Gasteiger charge is -2.34. The van der Waals surface area contributed by atoms with Crippen LogP contribution in [0.2, 0.25) is 0 Å². The van der Waals surface area contributed by atoms with Crippen LogP contribution in [0.3, 0.4) is 0 Å². The zero-order chi connectivity index (χ0) is 17.5. The Labute approximate surface area is 150 Å². The second-order valence-corrected chi connectivity index (χ2v) is 6.61. The second-order valence-electron chi connectivity index (χ2n) is 6.61. The Bertz CT molecular complexity index is 552. The first-order chi connectivity index (χ1) is 12.3. The number of piperazine rings is 1. The summed E-state index contributed by atoms with van der Waals surface area (Å²) in [5.41, 5.74) is 2.31. The van der Waals surface area contributed by atoms with Crippen LogP contribution in [0.5, 0.6) is 0 Å². The number of para-hydroxylation sites is 2. The third-order valence-electron chi connectivity index (χ3n) is 5.08. The van der Waals surface area contributed by atoms with Gasteiger partial charge < -0.3 is 24.8 Å². The normalized spacial score (nSPS) is 19.1. The molecule has 1 aromatic rings. The number of likely N-dealkylation sites (N-methyl/N-ethyl adjacent to an activating group) is 1. The number of nitrogens with zero attached hydrogens (tertiary/aromatic N) is 3. The van der Waals surface area contributed by atoms with Crippen LogP contribution in [0.4, 0.5) is 11.4 Å². The Balaban J connectivity index is 1.48. The Kier molecular flexibility index (Phi) is 6.53. The molecule has 0 aliphatic carbocycles. The van der Waals surface area contributed by atoms with Gasteiger partial charge in [0.25, 0.3) is 0 Å². The summed E-state index contributed by atoms with van der Waals surface area (Å²) in [5.74, 6) is 0.257. The molecule has 6 heteroatoms. The van der Waals surface area contributed by atoms with Crippen LogP contribution in [0.25, 0.3) is 0 Å². The number of hydrogen-bond acceptors (Lipinski definition) is 5. The van der Waals surface area contributed by atoms with Crippen molar-refractivity contribution in [1.82, 2.24) is 9.80 Å². The molecule has 138 valence electrons.